The molecular formula is C81H122O40. The van der Waals surface area contributed by atoms with E-state index in [4.69, 9.17) is 85.3 Å². The van der Waals surface area contributed by atoms with Crippen LogP contribution in [0.2, 0.25) is 0 Å². The molecule has 1 aromatic carbocycles. The number of carboxylic acids is 1. The van der Waals surface area contributed by atoms with Gasteiger partial charge in [0.15, 0.2) is 61.4 Å². The van der Waals surface area contributed by atoms with E-state index < -0.39 is 310 Å². The molecule has 0 aromatic heterocycles. The third-order valence-corrected chi connectivity index (χ3v) is 29.0. The van der Waals surface area contributed by atoms with E-state index in [1.165, 1.54) is 67.2 Å². The van der Waals surface area contributed by atoms with E-state index in [0.29, 0.717) is 24.8 Å². The van der Waals surface area contributed by atoms with Gasteiger partial charge in [-0.15, -0.1) is 0 Å². The number of allylic oxidation sites excluding steroid dienone is 1. The van der Waals surface area contributed by atoms with Crippen LogP contribution in [0.15, 0.2) is 29.9 Å². The number of aliphatic carboxylic acids is 1. The molecular weight excluding hydrogens is 1610 g/mol. The molecule has 7 heterocycles. The average Bonchev–Trinajstić information content (AvgIpc) is 0.987. The van der Waals surface area contributed by atoms with Gasteiger partial charge in [0.1, 0.15) is 122 Å². The fourth-order valence-electron chi connectivity index (χ4n) is 22.0. The van der Waals surface area contributed by atoms with Gasteiger partial charge in [-0.1, -0.05) is 39.3 Å². The Hall–Kier alpha value is -4.73. The summed E-state index contributed by atoms with van der Waals surface area (Å²) in [5.74, 6) is -4.68. The van der Waals surface area contributed by atoms with Crippen molar-refractivity contribution in [3.05, 3.63) is 35.4 Å². The number of fused-ring (bicyclic) bond motifs is 7. The van der Waals surface area contributed by atoms with Crippen LogP contribution >= 0.6 is 0 Å². The van der Waals surface area contributed by atoms with Crippen LogP contribution in [-0.4, -0.2) is 378 Å². The van der Waals surface area contributed by atoms with Gasteiger partial charge in [0.05, 0.1) is 96.2 Å². The molecule has 0 spiro atoms. The van der Waals surface area contributed by atoms with E-state index in [9.17, 15) is 107 Å². The van der Waals surface area contributed by atoms with Crippen LogP contribution in [0.4, 0.5) is 0 Å². The van der Waals surface area contributed by atoms with Crippen LogP contribution in [0.25, 0.3) is 6.08 Å². The molecule has 4 saturated carbocycles. The van der Waals surface area contributed by atoms with Crippen LogP contribution in [0.1, 0.15) is 119 Å². The lowest BCUT2D eigenvalue weighted by Gasteiger charge is -2.71. The number of esters is 2. The third-order valence-electron chi connectivity index (χ3n) is 29.0. The number of methoxy groups -OCH3 is 3. The van der Waals surface area contributed by atoms with Gasteiger partial charge in [0, 0.05) is 11.5 Å². The highest BCUT2D eigenvalue weighted by Gasteiger charge is 2.74. The number of rotatable bonds is 25. The standard InChI is InChI=1S/C81H122O40/c1-32-47(89)50(92)53(95)67(109-32)118-62-58(114-46(88)15-12-35-22-40(104-9)60(106-11)41(23-35)105-10)34(3)111-71(63(62)119-70-56(98)61(117-72-64(99)81(103,30-85)31-108-72)57(33(2)110-70)115-66-55(97)59(39(87)28-107-66)116-68-52(94)49(91)43(27-83)112-68)121-74(102)79-19-18-75(4,5)24-37(79)36-13-14-44-76(6)25-38(86)65(120-69-54(96)51(93)48(90)42(26-82)113-69)78(8,73(100)101)45(76)16-17-77(44,7)80(36,29-84)21-20-79/h12-13,15,22-23,32-34,37-39,42-45,47-59,61-72,82-87,89-99,103H,14,16-21,24-31H2,1-11H3,(H,100,101). The Bertz CT molecular complexity index is 3810. The zero-order chi connectivity index (χ0) is 88.2. The molecule has 19 N–H and O–H groups in total. The van der Waals surface area contributed by atoms with Crippen molar-refractivity contribution in [1.82, 2.24) is 0 Å². The largest absolute Gasteiger partial charge is 0.493 e. The van der Waals surface area contributed by atoms with Crippen molar-refractivity contribution >= 4 is 24.0 Å². The molecule has 121 heavy (non-hydrogen) atoms. The van der Waals surface area contributed by atoms with Crippen molar-refractivity contribution in [3.8, 4) is 17.2 Å². The second kappa shape index (κ2) is 36.1. The first-order chi connectivity index (χ1) is 57.0. The number of hydrogen-bond donors (Lipinski definition) is 19. The number of aliphatic hydroxyl groups is 18. The maximum atomic E-state index is 16.7. The lowest BCUT2D eigenvalue weighted by Crippen LogP contribution is -2.71. The number of carbonyl (C=O) groups is 3. The Kier molecular flexibility index (Phi) is 28.0. The van der Waals surface area contributed by atoms with Crippen molar-refractivity contribution in [2.24, 2.45) is 50.2 Å². The summed E-state index contributed by atoms with van der Waals surface area (Å²) in [6.07, 6.45) is -52.0. The molecule has 41 atom stereocenters. The van der Waals surface area contributed by atoms with Gasteiger partial charge in [0.2, 0.25) is 12.0 Å². The first-order valence-electron chi connectivity index (χ1n) is 41.3. The molecule has 40 heteroatoms. The normalized spacial score (nSPS) is 49.1. The first kappa shape index (κ1) is 93.9. The van der Waals surface area contributed by atoms with Gasteiger partial charge in [-0.25, -0.2) is 4.79 Å². The molecule has 7 aliphatic heterocycles. The minimum Gasteiger partial charge on any atom is -0.493 e. The fourth-order valence-corrected chi connectivity index (χ4v) is 22.0. The molecule has 7 saturated heterocycles. The van der Waals surface area contributed by atoms with Crippen molar-refractivity contribution in [3.63, 3.8) is 0 Å². The molecule has 41 unspecified atom stereocenters. The van der Waals surface area contributed by atoms with Crippen LogP contribution in [0.5, 0.6) is 17.2 Å². The number of carbonyl (C=O) groups excluding carboxylic acids is 2. The highest BCUT2D eigenvalue weighted by molar-refractivity contribution is 5.87. The number of hydrogen-bond acceptors (Lipinski definition) is 39. The van der Waals surface area contributed by atoms with Crippen molar-refractivity contribution < 1.29 is 197 Å². The van der Waals surface area contributed by atoms with Crippen LogP contribution < -0.4 is 14.2 Å². The Labute approximate surface area is 697 Å². The first-order valence-corrected chi connectivity index (χ1v) is 41.3. The third kappa shape index (κ3) is 16.5. The van der Waals surface area contributed by atoms with Gasteiger partial charge >= 0.3 is 17.9 Å². The predicted octanol–water partition coefficient (Wildman–Crippen LogP) is -4.26. The van der Waals surface area contributed by atoms with Crippen molar-refractivity contribution in [2.75, 3.05) is 61.0 Å². The lowest BCUT2D eigenvalue weighted by molar-refractivity contribution is -0.398. The summed E-state index contributed by atoms with van der Waals surface area (Å²) in [6, 6.07) is 3.05. The molecule has 0 radical (unpaired) electrons. The lowest BCUT2D eigenvalue weighted by atomic mass is 9.33. The molecule has 40 nitrogen and oxygen atoms in total. The minimum atomic E-state index is -2.37. The maximum absolute atomic E-state index is 16.7. The minimum absolute atomic E-state index is 0.0294. The summed E-state index contributed by atoms with van der Waals surface area (Å²) in [7, 11) is 4.16. The predicted molar refractivity (Wildman–Crippen MR) is 402 cm³/mol. The molecule has 12 aliphatic rings. The van der Waals surface area contributed by atoms with E-state index in [1.807, 2.05) is 26.8 Å². The molecule has 13 rings (SSSR count). The summed E-state index contributed by atoms with van der Waals surface area (Å²) in [6.45, 7) is 9.16. The summed E-state index contributed by atoms with van der Waals surface area (Å²) in [5.41, 5.74) is -8.34. The summed E-state index contributed by atoms with van der Waals surface area (Å²) >= 11 is 0. The monoisotopic (exact) mass is 1730 g/mol. The number of carboxylic acid groups (broad SMARTS) is 1. The van der Waals surface area contributed by atoms with Crippen LogP contribution in [0, 0.1) is 50.2 Å². The SMILES string of the molecule is COc1cc(C=CC(=O)OC2C(C)OC(OC(=O)C34CCC(C)(C)CC3C3=CCC5C6(C)CC(O)C(OC7OC(CO)C(O)C(O)C7O)C(C)(C(=O)O)C6CCC5(C)C3(CO)CC4)C(OC3OC(C)C(OC4OCC(O)C(OC5OC(CO)C(O)C5O)C4O)C(OC4OCC(O)(CO)C4O)C3O)C2OC2OC(C)C(O)C(O)C2O)cc(OC)c1OC. The Morgan fingerprint density at radius 1 is 0.512 bits per heavy atom. The number of aliphatic hydroxyl groups excluding tert-OH is 17. The molecule has 0 amide bonds. The Balaban J connectivity index is 0.870. The zero-order valence-corrected chi connectivity index (χ0v) is 69.3. The van der Waals surface area contributed by atoms with Gasteiger partial charge in [-0.3, -0.25) is 9.59 Å². The molecule has 5 aliphatic carbocycles. The molecule has 1 aromatic rings. The summed E-state index contributed by atoms with van der Waals surface area (Å²) < 4.78 is 110. The second-order valence-electron chi connectivity index (χ2n) is 36.4. The van der Waals surface area contributed by atoms with Gasteiger partial charge in [0.25, 0.3) is 0 Å². The molecule has 686 valence electrons. The van der Waals surface area contributed by atoms with E-state index in [0.717, 1.165) is 11.6 Å². The smallest absolute Gasteiger partial charge is 0.331 e. The average molecular weight is 1740 g/mol. The van der Waals surface area contributed by atoms with Gasteiger partial charge in [-0.05, 0) is 143 Å². The summed E-state index contributed by atoms with van der Waals surface area (Å²) in [4.78, 5) is 45.5. The fraction of sp³-hybridized carbons (Fsp3) is 0.840. The highest BCUT2D eigenvalue weighted by Crippen LogP contribution is 2.76. The Morgan fingerprint density at radius 3 is 1.67 bits per heavy atom. The summed E-state index contributed by atoms with van der Waals surface area (Å²) in [5, 5.41) is 214. The highest BCUT2D eigenvalue weighted by atomic mass is 16.8. The van der Waals surface area contributed by atoms with Crippen molar-refractivity contribution in [1.29, 1.82) is 0 Å². The maximum Gasteiger partial charge on any atom is 0.331 e. The number of benzene rings is 1. The van der Waals surface area contributed by atoms with Crippen LogP contribution in [-0.2, 0) is 85.4 Å². The molecule has 11 fully saturated rings. The van der Waals surface area contributed by atoms with E-state index in [1.54, 1.807) is 0 Å². The van der Waals surface area contributed by atoms with Crippen molar-refractivity contribution in [2.45, 2.75) is 315 Å². The molecule has 0 bridgehead atoms. The topological polar surface area (TPSA) is 602 Å². The van der Waals surface area contributed by atoms with E-state index in [-0.39, 0.29) is 55.8 Å². The van der Waals surface area contributed by atoms with Gasteiger partial charge < -0.3 is 182 Å². The van der Waals surface area contributed by atoms with E-state index in [2.05, 4.69) is 6.92 Å². The Morgan fingerprint density at radius 2 is 1.06 bits per heavy atom. The zero-order valence-electron chi connectivity index (χ0n) is 69.3. The van der Waals surface area contributed by atoms with Crippen LogP contribution in [0.3, 0.4) is 0 Å². The van der Waals surface area contributed by atoms with Gasteiger partial charge in [-0.2, -0.15) is 0 Å². The van der Waals surface area contributed by atoms with E-state index >= 15 is 4.79 Å². The number of ether oxygens (including phenoxy) is 18. The quantitative estimate of drug-likeness (QED) is 0.0191. The second-order valence-corrected chi connectivity index (χ2v) is 36.4.